The van der Waals surface area contributed by atoms with Crippen molar-refractivity contribution in [1.29, 1.82) is 0 Å². The molecule has 4 heteroatoms. The zero-order valence-electron chi connectivity index (χ0n) is 10.9. The smallest absolute Gasteiger partial charge is 0.0644 e. The van der Waals surface area contributed by atoms with E-state index in [1.807, 2.05) is 25.6 Å². The first-order chi connectivity index (χ1) is 7.51. The maximum absolute atomic E-state index is 9.09. The van der Waals surface area contributed by atoms with Crippen molar-refractivity contribution in [3.05, 3.63) is 17.0 Å². The van der Waals surface area contributed by atoms with Crippen LogP contribution in [0.1, 0.15) is 43.3 Å². The van der Waals surface area contributed by atoms with Gasteiger partial charge < -0.3 is 10.4 Å². The van der Waals surface area contributed by atoms with Crippen molar-refractivity contribution >= 4 is 0 Å². The molecule has 0 saturated carbocycles. The third kappa shape index (κ3) is 2.62. The first-order valence-electron chi connectivity index (χ1n) is 5.88. The normalized spacial score (nSPS) is 15.1. The Morgan fingerprint density at radius 1 is 1.44 bits per heavy atom. The van der Waals surface area contributed by atoms with Crippen molar-refractivity contribution in [1.82, 2.24) is 15.1 Å². The molecule has 0 fully saturated rings. The largest absolute Gasteiger partial charge is 0.395 e. The van der Waals surface area contributed by atoms with Crippen molar-refractivity contribution in [3.63, 3.8) is 0 Å². The van der Waals surface area contributed by atoms with E-state index in [9.17, 15) is 0 Å². The summed E-state index contributed by atoms with van der Waals surface area (Å²) < 4.78 is 1.92. The zero-order chi connectivity index (χ0) is 12.3. The van der Waals surface area contributed by atoms with E-state index >= 15 is 0 Å². The number of hydrogen-bond acceptors (Lipinski definition) is 3. The quantitative estimate of drug-likeness (QED) is 0.797. The van der Waals surface area contributed by atoms with Crippen LogP contribution in [-0.4, -0.2) is 27.5 Å². The van der Waals surface area contributed by atoms with Crippen LogP contribution in [0.4, 0.5) is 0 Å². The van der Waals surface area contributed by atoms with Gasteiger partial charge in [-0.1, -0.05) is 6.92 Å². The van der Waals surface area contributed by atoms with E-state index in [0.29, 0.717) is 0 Å². The van der Waals surface area contributed by atoms with Crippen molar-refractivity contribution in [2.24, 2.45) is 7.05 Å². The Morgan fingerprint density at radius 3 is 2.44 bits per heavy atom. The lowest BCUT2D eigenvalue weighted by Gasteiger charge is -2.21. The second-order valence-corrected chi connectivity index (χ2v) is 4.42. The molecule has 0 aliphatic rings. The number of aliphatic hydroxyl groups is 1. The third-order valence-corrected chi connectivity index (χ3v) is 3.08. The lowest BCUT2D eigenvalue weighted by Crippen LogP contribution is -2.33. The van der Waals surface area contributed by atoms with Gasteiger partial charge in [-0.3, -0.25) is 4.68 Å². The maximum Gasteiger partial charge on any atom is 0.0644 e. The summed E-state index contributed by atoms with van der Waals surface area (Å²) in [6, 6.07) is 0.389. The molecule has 0 aliphatic carbocycles. The summed E-state index contributed by atoms with van der Waals surface area (Å²) in [7, 11) is 1.97. The number of nitrogens with zero attached hydrogens (tertiary/aromatic N) is 2. The molecule has 1 unspecified atom stereocenters. The molecule has 0 saturated heterocycles. The van der Waals surface area contributed by atoms with Crippen LogP contribution in [-0.2, 0) is 7.05 Å². The SMILES string of the molecule is CCC(N[C@H](C)CO)c1c(C)nn(C)c1C. The monoisotopic (exact) mass is 225 g/mol. The second kappa shape index (κ2) is 5.46. The van der Waals surface area contributed by atoms with Crippen LogP contribution in [0.25, 0.3) is 0 Å². The predicted molar refractivity (Wildman–Crippen MR) is 65.4 cm³/mol. The van der Waals surface area contributed by atoms with Crippen LogP contribution in [0.15, 0.2) is 0 Å². The standard InChI is InChI=1S/C12H23N3O/c1-6-11(13-8(2)7-16)12-9(3)14-15(5)10(12)4/h8,11,13,16H,6-7H2,1-5H3/t8-,11?/m1/s1. The summed E-state index contributed by atoms with van der Waals surface area (Å²) in [5.41, 5.74) is 3.54. The molecule has 0 aromatic carbocycles. The third-order valence-electron chi connectivity index (χ3n) is 3.08. The average Bonchev–Trinajstić information content (AvgIpc) is 2.50. The van der Waals surface area contributed by atoms with E-state index in [2.05, 4.69) is 24.3 Å². The summed E-state index contributed by atoms with van der Waals surface area (Å²) in [5.74, 6) is 0. The van der Waals surface area contributed by atoms with Crippen molar-refractivity contribution in [2.45, 2.75) is 46.2 Å². The van der Waals surface area contributed by atoms with Crippen LogP contribution in [0, 0.1) is 13.8 Å². The highest BCUT2D eigenvalue weighted by atomic mass is 16.3. The number of rotatable bonds is 5. The van der Waals surface area contributed by atoms with Gasteiger partial charge in [0.2, 0.25) is 0 Å². The lowest BCUT2D eigenvalue weighted by atomic mass is 10.0. The summed E-state index contributed by atoms with van der Waals surface area (Å²) in [5, 5.41) is 16.9. The van der Waals surface area contributed by atoms with Crippen LogP contribution >= 0.6 is 0 Å². The van der Waals surface area contributed by atoms with Crippen molar-refractivity contribution in [2.75, 3.05) is 6.61 Å². The van der Waals surface area contributed by atoms with E-state index in [1.165, 1.54) is 11.3 Å². The highest BCUT2D eigenvalue weighted by molar-refractivity contribution is 5.28. The number of aliphatic hydroxyl groups excluding tert-OH is 1. The number of nitrogens with one attached hydrogen (secondary N) is 1. The molecule has 0 bridgehead atoms. The maximum atomic E-state index is 9.09. The van der Waals surface area contributed by atoms with E-state index in [-0.39, 0.29) is 18.7 Å². The van der Waals surface area contributed by atoms with E-state index in [0.717, 1.165) is 12.1 Å². The molecule has 0 amide bonds. The molecule has 4 nitrogen and oxygen atoms in total. The number of aromatic nitrogens is 2. The molecule has 1 aromatic rings. The summed E-state index contributed by atoms with van der Waals surface area (Å²) in [6.07, 6.45) is 0.998. The Kier molecular flexibility index (Phi) is 4.50. The molecule has 0 radical (unpaired) electrons. The highest BCUT2D eigenvalue weighted by Gasteiger charge is 2.19. The fraction of sp³-hybridized carbons (Fsp3) is 0.750. The average molecular weight is 225 g/mol. The molecular weight excluding hydrogens is 202 g/mol. The first kappa shape index (κ1) is 13.2. The Labute approximate surface area is 97.7 Å². The van der Waals surface area contributed by atoms with Gasteiger partial charge in [0.25, 0.3) is 0 Å². The molecule has 2 N–H and O–H groups in total. The van der Waals surface area contributed by atoms with Gasteiger partial charge in [-0.2, -0.15) is 5.10 Å². The second-order valence-electron chi connectivity index (χ2n) is 4.42. The molecule has 0 aliphatic heterocycles. The highest BCUT2D eigenvalue weighted by Crippen LogP contribution is 2.23. The Morgan fingerprint density at radius 2 is 2.06 bits per heavy atom. The Bertz CT molecular complexity index is 346. The van der Waals surface area contributed by atoms with Crippen LogP contribution < -0.4 is 5.32 Å². The molecule has 2 atom stereocenters. The van der Waals surface area contributed by atoms with Gasteiger partial charge in [0.1, 0.15) is 0 Å². The Balaban J connectivity index is 2.94. The molecule has 92 valence electrons. The minimum atomic E-state index is 0.115. The molecule has 1 heterocycles. The van der Waals surface area contributed by atoms with Gasteiger partial charge in [0, 0.05) is 30.4 Å². The fourth-order valence-corrected chi connectivity index (χ4v) is 2.10. The van der Waals surface area contributed by atoms with Gasteiger partial charge >= 0.3 is 0 Å². The van der Waals surface area contributed by atoms with Gasteiger partial charge in [-0.25, -0.2) is 0 Å². The molecule has 0 spiro atoms. The van der Waals surface area contributed by atoms with Crippen LogP contribution in [0.5, 0.6) is 0 Å². The topological polar surface area (TPSA) is 50.1 Å². The molecule has 1 rings (SSSR count). The zero-order valence-corrected chi connectivity index (χ0v) is 10.9. The van der Waals surface area contributed by atoms with E-state index < -0.39 is 0 Å². The first-order valence-corrected chi connectivity index (χ1v) is 5.88. The van der Waals surface area contributed by atoms with Crippen molar-refractivity contribution in [3.8, 4) is 0 Å². The molecular formula is C12H23N3O. The van der Waals surface area contributed by atoms with E-state index in [4.69, 9.17) is 5.11 Å². The summed E-state index contributed by atoms with van der Waals surface area (Å²) in [4.78, 5) is 0. The minimum Gasteiger partial charge on any atom is -0.395 e. The van der Waals surface area contributed by atoms with Crippen LogP contribution in [0.3, 0.4) is 0 Å². The number of hydrogen-bond donors (Lipinski definition) is 2. The number of aryl methyl sites for hydroxylation is 2. The minimum absolute atomic E-state index is 0.115. The van der Waals surface area contributed by atoms with Gasteiger partial charge in [-0.05, 0) is 27.2 Å². The van der Waals surface area contributed by atoms with E-state index in [1.54, 1.807) is 0 Å². The van der Waals surface area contributed by atoms with Gasteiger partial charge in [-0.15, -0.1) is 0 Å². The van der Waals surface area contributed by atoms with Gasteiger partial charge in [0.05, 0.1) is 12.3 Å². The summed E-state index contributed by atoms with van der Waals surface area (Å²) >= 11 is 0. The lowest BCUT2D eigenvalue weighted by molar-refractivity contribution is 0.239. The fourth-order valence-electron chi connectivity index (χ4n) is 2.10. The molecule has 16 heavy (non-hydrogen) atoms. The predicted octanol–water partition coefficient (Wildman–Crippen LogP) is 1.46. The Hall–Kier alpha value is -0.870. The van der Waals surface area contributed by atoms with Gasteiger partial charge in [0.15, 0.2) is 0 Å². The van der Waals surface area contributed by atoms with Crippen molar-refractivity contribution < 1.29 is 5.11 Å². The van der Waals surface area contributed by atoms with Crippen LogP contribution in [0.2, 0.25) is 0 Å². The molecule has 1 aromatic heterocycles. The summed E-state index contributed by atoms with van der Waals surface area (Å²) in [6.45, 7) is 8.42.